The fraction of sp³-hybridized carbons (Fsp3) is 0.367. The van der Waals surface area contributed by atoms with Crippen molar-refractivity contribution >= 4 is 149 Å². The van der Waals surface area contributed by atoms with Crippen LogP contribution in [0.2, 0.25) is 0 Å². The second kappa shape index (κ2) is 28.2. The highest BCUT2D eigenvalue weighted by Gasteiger charge is 2.58. The van der Waals surface area contributed by atoms with Gasteiger partial charge >= 0.3 is 23.9 Å². The van der Waals surface area contributed by atoms with Crippen molar-refractivity contribution in [1.82, 2.24) is 54.7 Å². The second-order valence-electron chi connectivity index (χ2n) is 22.3. The molecule has 14 rings (SSSR count). The molecule has 4 saturated carbocycles. The van der Waals surface area contributed by atoms with Crippen LogP contribution in [0.5, 0.6) is 12.0 Å². The number of aliphatic carboxylic acids is 1. The second-order valence-corrected chi connectivity index (χ2v) is 24.0. The lowest BCUT2D eigenvalue weighted by Gasteiger charge is -2.25. The SMILES string of the molecule is COc1ncc(-c2ccc3c(c2)c(C(C)=O)nn3CC(=O)N2C[C@H]3C[C@H]3[C@H]2C(=O)Nc2cc(Br)cc[n+]2C2CC2)cn1.COc1ncc(-c2ccc3c(c2)c(C(C)=O)nn3CC(=O)O)cn1.Cl.O=C(Nc1nc(Br)ccc1C1CC1)[C@H]1NC[C@H]2C[C@H]21.S.S=S. The number of carboxylic acid groups (broad SMARTS) is 1. The Kier molecular flexibility index (Phi) is 21.0. The third-order valence-corrected chi connectivity index (χ3v) is 17.3. The number of amides is 3. The molecule has 3 amide bonds. The quantitative estimate of drug-likeness (QED) is 0.0403. The predicted octanol–water partition coefficient (Wildman–Crippen LogP) is 8.16. The van der Waals surface area contributed by atoms with E-state index in [1.165, 1.54) is 57.6 Å². The van der Waals surface area contributed by atoms with E-state index in [0.717, 1.165) is 74.7 Å². The molecule has 4 aliphatic carbocycles. The number of nitrogens with one attached hydrogen (secondary N) is 3. The summed E-state index contributed by atoms with van der Waals surface area (Å²) in [4.78, 5) is 97.6. The molecule has 2 saturated heterocycles. The lowest BCUT2D eigenvalue weighted by atomic mass is 10.0. The molecule has 8 aromatic rings. The Balaban J connectivity index is 0.000000169. The van der Waals surface area contributed by atoms with Gasteiger partial charge in [0.05, 0.1) is 37.5 Å². The molecule has 89 heavy (non-hydrogen) atoms. The molecular weight excluding hydrogens is 1350 g/mol. The number of fused-ring (bicyclic) bond motifs is 4. The first-order valence-electron chi connectivity index (χ1n) is 28.2. The monoisotopic (exact) mass is 1410 g/mol. The lowest BCUT2D eigenvalue weighted by molar-refractivity contribution is -0.686. The Morgan fingerprint density at radius 1 is 0.708 bits per heavy atom. The number of methoxy groups -OCH3 is 2. The maximum Gasteiger partial charge on any atom is 0.330 e. The molecule has 6 aromatic heterocycles. The normalized spacial score (nSPS) is 19.6. The van der Waals surface area contributed by atoms with Gasteiger partial charge in [-0.25, -0.2) is 39.6 Å². The number of Topliss-reactive ketones (excluding diaryl/α,β-unsaturated/α-hetero) is 2. The average Bonchev–Trinajstić information content (AvgIpc) is 1.84. The van der Waals surface area contributed by atoms with E-state index in [4.69, 9.17) is 14.6 Å². The number of ketones is 2. The Morgan fingerprint density at radius 2 is 1.27 bits per heavy atom. The molecule has 6 fully saturated rings. The molecule has 29 heteroatoms. The van der Waals surface area contributed by atoms with Crippen LogP contribution in [0.3, 0.4) is 0 Å². The summed E-state index contributed by atoms with van der Waals surface area (Å²) < 4.78 is 16.6. The van der Waals surface area contributed by atoms with Crippen LogP contribution in [0.25, 0.3) is 44.1 Å². The fourth-order valence-corrected chi connectivity index (χ4v) is 12.2. The van der Waals surface area contributed by atoms with E-state index in [2.05, 4.69) is 116 Å². The van der Waals surface area contributed by atoms with Gasteiger partial charge < -0.3 is 30.1 Å². The van der Waals surface area contributed by atoms with Crippen LogP contribution in [0.1, 0.15) is 90.9 Å². The van der Waals surface area contributed by atoms with Crippen LogP contribution in [0.4, 0.5) is 11.6 Å². The number of ether oxygens (including phenoxy) is 2. The Hall–Kier alpha value is -7.34. The minimum Gasteiger partial charge on any atom is -0.480 e. The third-order valence-electron chi connectivity index (χ3n) is 16.3. The van der Waals surface area contributed by atoms with E-state index in [1.807, 2.05) is 42.6 Å². The van der Waals surface area contributed by atoms with Gasteiger partial charge in [0.15, 0.2) is 11.6 Å². The largest absolute Gasteiger partial charge is 0.480 e. The Morgan fingerprint density at radius 3 is 1.76 bits per heavy atom. The Labute approximate surface area is 550 Å². The summed E-state index contributed by atoms with van der Waals surface area (Å²) in [5.41, 5.74) is 6.06. The summed E-state index contributed by atoms with van der Waals surface area (Å²) in [6.07, 6.45) is 15.2. The van der Waals surface area contributed by atoms with Gasteiger partial charge in [0.2, 0.25) is 11.8 Å². The first-order valence-corrected chi connectivity index (χ1v) is 31.1. The number of halogens is 3. The number of anilines is 2. The van der Waals surface area contributed by atoms with Crippen molar-refractivity contribution < 1.29 is 47.9 Å². The standard InChI is InChI=1S/C30H28BrN7O4.C16H14N4O4.C14H16BrN3O.ClH.S2.H2S/c1-16(39)27-23-9-17(19-12-32-30(42-2)33-13-19)3-6-24(23)38(35-27)15-26(40)37-14-18-10-22(18)28(37)29(41)34-25-11-20(31)7-8-36(25)21-4-5-21;1-9(21)15-12-5-10(11-6-17-16(24-2)18-7-11)3-4-13(12)20(19-15)8-14(22)23;15-11-4-3-9(7-1-2-7)13(17-11)18-14(19)12-10-5-8(10)6-16-12;;1-2;/h3,6-9,11-13,18,21-22,28H,4-5,10,14-15H2,1-2H3;3-7H,8H2,1-2H3,(H,22,23);3-4,7-8,10,12,16H,1-2,5-6H2,(H,17,18,19);1H;;1H2/p+1/t18-,22-,28+;;8-,10-,12+;;;/m1.1.../s1. The van der Waals surface area contributed by atoms with Gasteiger partial charge in [0.1, 0.15) is 47.0 Å². The number of likely N-dealkylation sites (tertiary alicyclic amines) is 1. The molecule has 2 aliphatic heterocycles. The molecular formula is C60H62Br2ClN14O9S3+. The first-order chi connectivity index (χ1) is 42.0. The van der Waals surface area contributed by atoms with Gasteiger partial charge in [0.25, 0.3) is 5.82 Å². The van der Waals surface area contributed by atoms with E-state index in [1.54, 1.807) is 52.6 Å². The molecule has 0 radical (unpaired) electrons. The molecule has 0 unspecified atom stereocenters. The van der Waals surface area contributed by atoms with Crippen molar-refractivity contribution in [3.63, 3.8) is 0 Å². The zero-order chi connectivity index (χ0) is 61.4. The molecule has 6 atom stereocenters. The molecule has 23 nitrogen and oxygen atoms in total. The summed E-state index contributed by atoms with van der Waals surface area (Å²) in [5.74, 6) is 2.10. The zero-order valence-electron chi connectivity index (χ0n) is 48.5. The summed E-state index contributed by atoms with van der Waals surface area (Å²) >= 11 is 14.2. The number of nitrogens with zero attached hydrogens (tertiary/aromatic N) is 11. The number of hydrogen-bond donors (Lipinski definition) is 4. The van der Waals surface area contributed by atoms with Gasteiger partial charge in [-0.2, -0.15) is 23.7 Å². The molecule has 6 aliphatic rings. The van der Waals surface area contributed by atoms with Gasteiger partial charge in [0, 0.05) is 100.0 Å². The van der Waals surface area contributed by atoms with E-state index in [0.29, 0.717) is 52.1 Å². The minimum absolute atomic E-state index is 0. The topological polar surface area (TPSA) is 284 Å². The smallest absolute Gasteiger partial charge is 0.330 e. The van der Waals surface area contributed by atoms with Crippen LogP contribution in [-0.4, -0.2) is 129 Å². The van der Waals surface area contributed by atoms with Crippen molar-refractivity contribution in [3.05, 3.63) is 118 Å². The molecule has 4 N–H and O–H groups in total. The number of aromatic nitrogens is 10. The molecule has 8 heterocycles. The van der Waals surface area contributed by atoms with Crippen LogP contribution in [0, 0.1) is 23.7 Å². The highest BCUT2D eigenvalue weighted by Crippen LogP contribution is 2.50. The van der Waals surface area contributed by atoms with E-state index in [9.17, 15) is 28.8 Å². The molecule has 464 valence electrons. The number of rotatable bonds is 16. The Bertz CT molecular complexity index is 4030. The maximum absolute atomic E-state index is 13.7. The van der Waals surface area contributed by atoms with Gasteiger partial charge in [-0.15, -0.1) is 12.4 Å². The first kappa shape index (κ1) is 66.1. The average molecular weight is 1410 g/mol. The van der Waals surface area contributed by atoms with Crippen LogP contribution in [-0.2, 0) is 54.6 Å². The number of carbonyl (C=O) groups is 6. The number of benzene rings is 2. The number of piperidine rings is 2. The van der Waals surface area contributed by atoms with Gasteiger partial charge in [-0.1, -0.05) is 34.1 Å². The highest BCUT2D eigenvalue weighted by molar-refractivity contribution is 9.10. The highest BCUT2D eigenvalue weighted by atomic mass is 79.9. The summed E-state index contributed by atoms with van der Waals surface area (Å²) in [7, 11) is 2.99. The maximum atomic E-state index is 13.7. The fourth-order valence-electron chi connectivity index (χ4n) is 11.6. The number of carboxylic acids is 1. The van der Waals surface area contributed by atoms with Gasteiger partial charge in [-0.3, -0.25) is 33.3 Å². The van der Waals surface area contributed by atoms with Crippen molar-refractivity contribution in [2.24, 2.45) is 23.7 Å². The van der Waals surface area contributed by atoms with E-state index < -0.39 is 12.0 Å². The predicted molar refractivity (Wildman–Crippen MR) is 349 cm³/mol. The van der Waals surface area contributed by atoms with Crippen molar-refractivity contribution in [3.8, 4) is 34.3 Å². The summed E-state index contributed by atoms with van der Waals surface area (Å²) in [6, 6.07) is 19.2. The lowest BCUT2D eigenvalue weighted by Crippen LogP contribution is -2.48. The number of carbonyl (C=O) groups excluding carboxylic acids is 5. The number of hydrogen-bond acceptors (Lipinski definition) is 18. The van der Waals surface area contributed by atoms with E-state index in [-0.39, 0.29) is 104 Å². The van der Waals surface area contributed by atoms with Crippen molar-refractivity contribution in [2.45, 2.75) is 89.5 Å². The van der Waals surface area contributed by atoms with Crippen LogP contribution >= 0.6 is 57.8 Å². The third kappa shape index (κ3) is 14.8. The van der Waals surface area contributed by atoms with Gasteiger partial charge in [-0.05, 0) is 144 Å². The zero-order valence-corrected chi connectivity index (χ0v) is 55.1. The molecule has 2 aromatic carbocycles. The summed E-state index contributed by atoms with van der Waals surface area (Å²) in [6.45, 7) is 4.01. The van der Waals surface area contributed by atoms with Crippen molar-refractivity contribution in [1.29, 1.82) is 0 Å². The van der Waals surface area contributed by atoms with Crippen LogP contribution in [0.15, 0.2) is 101 Å². The van der Waals surface area contributed by atoms with Crippen LogP contribution < -0.4 is 30.0 Å². The van der Waals surface area contributed by atoms with Crippen molar-refractivity contribution in [2.75, 3.05) is 37.9 Å². The van der Waals surface area contributed by atoms with E-state index >= 15 is 0 Å². The molecule has 0 spiro atoms. The summed E-state index contributed by atoms with van der Waals surface area (Å²) in [5, 5.41) is 28.3. The minimum atomic E-state index is -1.03. The number of pyridine rings is 2. The molecule has 0 bridgehead atoms.